The molecule has 0 aliphatic heterocycles. The van der Waals surface area contributed by atoms with Crippen LogP contribution in [0.25, 0.3) is 10.8 Å². The summed E-state index contributed by atoms with van der Waals surface area (Å²) in [5, 5.41) is 36.0. The number of ether oxygens (including phenoxy) is 2. The van der Waals surface area contributed by atoms with E-state index in [1.807, 2.05) is 26.0 Å². The summed E-state index contributed by atoms with van der Waals surface area (Å²) in [6, 6.07) is 15.7. The number of hydrogen-bond donors (Lipinski definition) is 3. The summed E-state index contributed by atoms with van der Waals surface area (Å²) in [6.07, 6.45) is 0. The first kappa shape index (κ1) is 27.4. The van der Waals surface area contributed by atoms with Gasteiger partial charge in [0.2, 0.25) is 0 Å². The third kappa shape index (κ3) is 5.66. The van der Waals surface area contributed by atoms with E-state index in [2.05, 4.69) is 15.3 Å². The summed E-state index contributed by atoms with van der Waals surface area (Å²) in [4.78, 5) is 0. The number of rotatable bonds is 6. The molecule has 0 amide bonds. The van der Waals surface area contributed by atoms with E-state index in [9.17, 15) is 10.2 Å². The molecular formula is C27H28CuN5O4+. The van der Waals surface area contributed by atoms with E-state index in [1.165, 1.54) is 14.2 Å². The average molecular weight is 550 g/mol. The second-order valence-corrected chi connectivity index (χ2v) is 8.38. The van der Waals surface area contributed by atoms with Gasteiger partial charge in [0, 0.05) is 39.3 Å². The molecule has 195 valence electrons. The molecule has 0 saturated carbocycles. The average Bonchev–Trinajstić information content (AvgIpc) is 2.86. The summed E-state index contributed by atoms with van der Waals surface area (Å²) in [6.45, 7) is 3.77. The molecule has 4 aromatic rings. The van der Waals surface area contributed by atoms with Gasteiger partial charge in [-0.25, -0.2) is 0 Å². The predicted molar refractivity (Wildman–Crippen MR) is 139 cm³/mol. The number of benzene rings is 4. The number of nitrogens with two attached hydrogens (primary N) is 1. The van der Waals surface area contributed by atoms with Crippen molar-refractivity contribution in [3.63, 3.8) is 0 Å². The van der Waals surface area contributed by atoms with Gasteiger partial charge >= 0.3 is 0 Å². The number of nitrogen functional groups attached to an aromatic ring is 1. The third-order valence-corrected chi connectivity index (χ3v) is 5.78. The van der Waals surface area contributed by atoms with Crippen LogP contribution in [-0.2, 0) is 17.1 Å². The van der Waals surface area contributed by atoms with E-state index in [-0.39, 0.29) is 28.6 Å². The van der Waals surface area contributed by atoms with Crippen LogP contribution < -0.4 is 15.2 Å². The van der Waals surface area contributed by atoms with Crippen LogP contribution in [0.4, 0.5) is 28.4 Å². The van der Waals surface area contributed by atoms with Crippen LogP contribution in [0.3, 0.4) is 0 Å². The van der Waals surface area contributed by atoms with Gasteiger partial charge in [0.25, 0.3) is 5.69 Å². The van der Waals surface area contributed by atoms with Crippen molar-refractivity contribution in [3.8, 4) is 23.0 Å². The molecular weight excluding hydrogens is 522 g/mol. The Bertz CT molecular complexity index is 1540. The zero-order valence-electron chi connectivity index (χ0n) is 21.1. The zero-order valence-corrected chi connectivity index (χ0v) is 22.0. The van der Waals surface area contributed by atoms with E-state index in [0.29, 0.717) is 45.3 Å². The van der Waals surface area contributed by atoms with Gasteiger partial charge in [-0.1, -0.05) is 10.8 Å². The Kier molecular flexibility index (Phi) is 8.37. The molecule has 0 fully saturated rings. The number of aryl methyl sites for hydroxylation is 2. The van der Waals surface area contributed by atoms with Gasteiger partial charge in [-0.2, -0.15) is 0 Å². The molecule has 0 aromatic heterocycles. The van der Waals surface area contributed by atoms with E-state index in [1.54, 1.807) is 54.2 Å². The topological polar surface area (TPSA) is 125 Å². The molecule has 9 nitrogen and oxygen atoms in total. The number of fused-ring (bicyclic) bond motifs is 1. The molecule has 0 saturated heterocycles. The Morgan fingerprint density at radius 1 is 0.838 bits per heavy atom. The number of nitrogens with zero attached hydrogens (tertiary/aromatic N) is 4. The summed E-state index contributed by atoms with van der Waals surface area (Å²) in [7, 11) is 4.80. The SMILES string of the molecule is COc1cc(N=Nc2cc(C)ccc2O)c([N+](C)=Nc2c(C)cc3cc(N)ccc3c2O)cc1OC.[Cu]. The number of aromatic hydroxyl groups is 2. The van der Waals surface area contributed by atoms with Gasteiger partial charge in [0.15, 0.2) is 35.7 Å². The van der Waals surface area contributed by atoms with Gasteiger partial charge < -0.3 is 25.4 Å². The normalized spacial score (nSPS) is 11.5. The first-order valence-electron chi connectivity index (χ1n) is 11.2. The molecule has 0 spiro atoms. The van der Waals surface area contributed by atoms with Crippen LogP contribution in [0.5, 0.6) is 23.0 Å². The molecule has 0 unspecified atom stereocenters. The number of phenols is 2. The number of anilines is 1. The Morgan fingerprint density at radius 3 is 2.22 bits per heavy atom. The van der Waals surface area contributed by atoms with Crippen molar-refractivity contribution in [1.29, 1.82) is 0 Å². The maximum Gasteiger partial charge on any atom is 0.263 e. The molecule has 10 heteroatoms. The fourth-order valence-corrected chi connectivity index (χ4v) is 3.88. The maximum atomic E-state index is 11.0. The smallest absolute Gasteiger partial charge is 0.263 e. The first-order chi connectivity index (χ1) is 17.2. The monoisotopic (exact) mass is 549 g/mol. The first-order valence-corrected chi connectivity index (χ1v) is 11.2. The van der Waals surface area contributed by atoms with Crippen LogP contribution in [0.1, 0.15) is 11.1 Å². The van der Waals surface area contributed by atoms with Gasteiger partial charge in [-0.05, 0) is 66.8 Å². The Labute approximate surface area is 225 Å². The van der Waals surface area contributed by atoms with Gasteiger partial charge in [0.1, 0.15) is 11.4 Å². The van der Waals surface area contributed by atoms with Crippen molar-refractivity contribution in [1.82, 2.24) is 0 Å². The van der Waals surface area contributed by atoms with Crippen molar-refractivity contribution in [3.05, 3.63) is 65.7 Å². The van der Waals surface area contributed by atoms with Crippen LogP contribution in [0, 0.1) is 13.8 Å². The zero-order chi connectivity index (χ0) is 26.0. The molecule has 4 aromatic carbocycles. The summed E-state index contributed by atoms with van der Waals surface area (Å²) < 4.78 is 12.5. The van der Waals surface area contributed by atoms with E-state index in [0.717, 1.165) is 16.5 Å². The summed E-state index contributed by atoms with van der Waals surface area (Å²) >= 11 is 0. The Morgan fingerprint density at radius 2 is 1.51 bits per heavy atom. The second kappa shape index (κ2) is 11.3. The van der Waals surface area contributed by atoms with E-state index in [4.69, 9.17) is 15.2 Å². The quantitative estimate of drug-likeness (QED) is 0.104. The predicted octanol–water partition coefficient (Wildman–Crippen LogP) is 6.94. The molecule has 0 heterocycles. The van der Waals surface area contributed by atoms with E-state index >= 15 is 0 Å². The van der Waals surface area contributed by atoms with Gasteiger partial charge in [0.05, 0.1) is 20.3 Å². The van der Waals surface area contributed by atoms with Crippen molar-refractivity contribution in [2.45, 2.75) is 13.8 Å². The number of azo groups is 3. The van der Waals surface area contributed by atoms with Crippen LogP contribution in [-0.4, -0.2) is 36.2 Å². The van der Waals surface area contributed by atoms with Crippen LogP contribution >= 0.6 is 0 Å². The van der Waals surface area contributed by atoms with E-state index < -0.39 is 0 Å². The van der Waals surface area contributed by atoms with Crippen molar-refractivity contribution in [2.24, 2.45) is 15.3 Å². The minimum atomic E-state index is 0. The van der Waals surface area contributed by atoms with Crippen LogP contribution in [0.15, 0.2) is 69.9 Å². The molecule has 4 rings (SSSR count). The van der Waals surface area contributed by atoms with Crippen LogP contribution in [0.2, 0.25) is 0 Å². The fourth-order valence-electron chi connectivity index (χ4n) is 3.88. The largest absolute Gasteiger partial charge is 0.506 e. The van der Waals surface area contributed by atoms with Gasteiger partial charge in [-0.15, -0.1) is 10.2 Å². The maximum absolute atomic E-state index is 11.0. The molecule has 0 aliphatic carbocycles. The Hall–Kier alpha value is -4.14. The third-order valence-electron chi connectivity index (χ3n) is 5.78. The van der Waals surface area contributed by atoms with Gasteiger partial charge in [-0.3, -0.25) is 0 Å². The van der Waals surface area contributed by atoms with Crippen molar-refractivity contribution < 1.29 is 41.5 Å². The Balaban J connectivity index is 0.00000380. The molecule has 0 atom stereocenters. The van der Waals surface area contributed by atoms with Crippen molar-refractivity contribution >= 4 is 39.2 Å². The number of hydrogen-bond acceptors (Lipinski definition) is 8. The standard InChI is InChI=1S/C27H27N5O4.Cu/c1-15-6-9-23(33)21(10-15)30-29-20-13-24(35-4)25(36-5)14-22(20)32(3)31-26-16(2)11-17-12-18(28)7-8-19(17)27(26)34;/h6-14H,1-5H3,(H3,28,29,33,34);/p+1. The summed E-state index contributed by atoms with van der Waals surface area (Å²) in [5.41, 5.74) is 9.92. The fraction of sp³-hybridized carbons (Fsp3) is 0.185. The minimum Gasteiger partial charge on any atom is -0.506 e. The molecule has 0 bridgehead atoms. The second-order valence-electron chi connectivity index (χ2n) is 8.38. The molecule has 4 N–H and O–H groups in total. The number of methoxy groups -OCH3 is 2. The van der Waals surface area contributed by atoms with Crippen molar-refractivity contribution in [2.75, 3.05) is 27.0 Å². The molecule has 37 heavy (non-hydrogen) atoms. The minimum absolute atomic E-state index is 0. The summed E-state index contributed by atoms with van der Waals surface area (Å²) in [5.74, 6) is 0.994. The number of phenolic OH excluding ortho intramolecular Hbond substituents is 2. The molecule has 0 aliphatic rings. The molecule has 1 radical (unpaired) electrons.